The highest BCUT2D eigenvalue weighted by atomic mass is 35.5. The number of rotatable bonds is 4. The lowest BCUT2D eigenvalue weighted by atomic mass is 9.80. The molecule has 21 heavy (non-hydrogen) atoms. The summed E-state index contributed by atoms with van der Waals surface area (Å²) in [7, 11) is 0. The standard InChI is InChI=1S/C14H18ClN3O3/c1-9-4-2-3-5-10(9)7-17-14(19)11-6-13(15)16-8-12(11)18(20)21/h6,8-10H,2-5,7H2,1H3,(H,17,19). The summed E-state index contributed by atoms with van der Waals surface area (Å²) in [6.07, 6.45) is 5.67. The fourth-order valence-electron chi connectivity index (χ4n) is 2.77. The Morgan fingerprint density at radius 1 is 1.52 bits per heavy atom. The summed E-state index contributed by atoms with van der Waals surface area (Å²) < 4.78 is 0. The first-order valence-corrected chi connectivity index (χ1v) is 7.45. The van der Waals surface area contributed by atoms with E-state index in [9.17, 15) is 14.9 Å². The third-order valence-corrected chi connectivity index (χ3v) is 4.31. The topological polar surface area (TPSA) is 85.1 Å². The SMILES string of the molecule is CC1CCCCC1CNC(=O)c1cc(Cl)ncc1[N+](=O)[O-]. The largest absolute Gasteiger partial charge is 0.352 e. The number of nitrogens with zero attached hydrogens (tertiary/aromatic N) is 2. The van der Waals surface area contributed by atoms with Gasteiger partial charge in [0.1, 0.15) is 16.9 Å². The molecule has 1 saturated carbocycles. The first-order chi connectivity index (χ1) is 9.99. The minimum Gasteiger partial charge on any atom is -0.352 e. The maximum atomic E-state index is 12.2. The highest BCUT2D eigenvalue weighted by Crippen LogP contribution is 2.29. The van der Waals surface area contributed by atoms with E-state index in [0.29, 0.717) is 18.4 Å². The second-order valence-corrected chi connectivity index (χ2v) is 5.90. The maximum absolute atomic E-state index is 12.2. The number of nitro groups is 1. The maximum Gasteiger partial charge on any atom is 0.300 e. The number of carbonyl (C=O) groups excluding carboxylic acids is 1. The zero-order valence-corrected chi connectivity index (χ0v) is 12.6. The van der Waals surface area contributed by atoms with E-state index in [1.807, 2.05) is 0 Å². The van der Waals surface area contributed by atoms with Crippen LogP contribution in [0.5, 0.6) is 0 Å². The molecule has 2 rings (SSSR count). The van der Waals surface area contributed by atoms with Gasteiger partial charge in [0, 0.05) is 6.54 Å². The molecule has 1 amide bonds. The molecule has 114 valence electrons. The second-order valence-electron chi connectivity index (χ2n) is 5.51. The van der Waals surface area contributed by atoms with E-state index >= 15 is 0 Å². The average molecular weight is 312 g/mol. The van der Waals surface area contributed by atoms with Crippen molar-refractivity contribution in [3.8, 4) is 0 Å². The van der Waals surface area contributed by atoms with Gasteiger partial charge in [0.05, 0.1) is 4.92 Å². The van der Waals surface area contributed by atoms with E-state index < -0.39 is 10.8 Å². The van der Waals surface area contributed by atoms with Crippen LogP contribution in [0.15, 0.2) is 12.3 Å². The predicted octanol–water partition coefficient (Wildman–Crippen LogP) is 3.20. The summed E-state index contributed by atoms with van der Waals surface area (Å²) in [4.78, 5) is 26.1. The van der Waals surface area contributed by atoms with E-state index in [0.717, 1.165) is 12.6 Å². The van der Waals surface area contributed by atoms with Crippen LogP contribution in [-0.4, -0.2) is 22.4 Å². The Kier molecular flexibility index (Phi) is 5.12. The van der Waals surface area contributed by atoms with Gasteiger partial charge < -0.3 is 5.32 Å². The molecule has 1 aliphatic carbocycles. The summed E-state index contributed by atoms with van der Waals surface area (Å²) in [6, 6.07) is 1.24. The van der Waals surface area contributed by atoms with Crippen molar-refractivity contribution in [2.24, 2.45) is 11.8 Å². The Balaban J connectivity index is 2.06. The molecule has 1 heterocycles. The van der Waals surface area contributed by atoms with Crippen molar-refractivity contribution in [1.29, 1.82) is 0 Å². The minimum atomic E-state index is -0.624. The van der Waals surface area contributed by atoms with E-state index in [-0.39, 0.29) is 16.4 Å². The first kappa shape index (κ1) is 15.7. The van der Waals surface area contributed by atoms with Crippen LogP contribution < -0.4 is 5.32 Å². The van der Waals surface area contributed by atoms with E-state index in [1.165, 1.54) is 25.3 Å². The third-order valence-electron chi connectivity index (χ3n) is 4.10. The van der Waals surface area contributed by atoms with Gasteiger partial charge in [-0.25, -0.2) is 4.98 Å². The Labute approximate surface area is 128 Å². The summed E-state index contributed by atoms with van der Waals surface area (Å²) in [5, 5.41) is 13.8. The van der Waals surface area contributed by atoms with Gasteiger partial charge in [-0.15, -0.1) is 0 Å². The molecule has 1 aromatic heterocycles. The highest BCUT2D eigenvalue weighted by molar-refractivity contribution is 6.29. The van der Waals surface area contributed by atoms with Crippen molar-refractivity contribution in [2.75, 3.05) is 6.54 Å². The lowest BCUT2D eigenvalue weighted by Gasteiger charge is -2.28. The second kappa shape index (κ2) is 6.85. The molecular weight excluding hydrogens is 294 g/mol. The molecular formula is C14H18ClN3O3. The quantitative estimate of drug-likeness (QED) is 0.525. The van der Waals surface area contributed by atoms with Crippen LogP contribution in [0.25, 0.3) is 0 Å². The van der Waals surface area contributed by atoms with E-state index in [1.54, 1.807) is 0 Å². The van der Waals surface area contributed by atoms with Gasteiger partial charge in [0.25, 0.3) is 11.6 Å². The van der Waals surface area contributed by atoms with Gasteiger partial charge in [-0.3, -0.25) is 14.9 Å². The van der Waals surface area contributed by atoms with Gasteiger partial charge in [-0.05, 0) is 24.3 Å². The highest BCUT2D eigenvalue weighted by Gasteiger charge is 2.25. The smallest absolute Gasteiger partial charge is 0.300 e. The Bertz CT molecular complexity index is 550. The molecule has 0 radical (unpaired) electrons. The van der Waals surface area contributed by atoms with E-state index in [4.69, 9.17) is 11.6 Å². The van der Waals surface area contributed by atoms with Crippen LogP contribution in [0.4, 0.5) is 5.69 Å². The van der Waals surface area contributed by atoms with Gasteiger partial charge in [0.15, 0.2) is 0 Å². The molecule has 0 aromatic carbocycles. The van der Waals surface area contributed by atoms with E-state index in [2.05, 4.69) is 17.2 Å². The summed E-state index contributed by atoms with van der Waals surface area (Å²) in [5.74, 6) is 0.526. The number of nitrogens with one attached hydrogen (secondary N) is 1. The van der Waals surface area contributed by atoms with Gasteiger partial charge in [-0.1, -0.05) is 37.8 Å². The Morgan fingerprint density at radius 2 is 2.24 bits per heavy atom. The summed E-state index contributed by atoms with van der Waals surface area (Å²) in [6.45, 7) is 2.72. The van der Waals surface area contributed by atoms with Crippen LogP contribution >= 0.6 is 11.6 Å². The molecule has 2 atom stereocenters. The number of pyridine rings is 1. The molecule has 2 unspecified atom stereocenters. The van der Waals surface area contributed by atoms with Crippen molar-refractivity contribution in [1.82, 2.24) is 10.3 Å². The summed E-state index contributed by atoms with van der Waals surface area (Å²) in [5.41, 5.74) is -0.364. The number of carbonyl (C=O) groups is 1. The minimum absolute atomic E-state index is 0.0385. The number of hydrogen-bond acceptors (Lipinski definition) is 4. The number of amides is 1. The molecule has 1 fully saturated rings. The van der Waals surface area contributed by atoms with Crippen molar-refractivity contribution in [2.45, 2.75) is 32.6 Å². The summed E-state index contributed by atoms with van der Waals surface area (Å²) >= 11 is 5.72. The molecule has 0 bridgehead atoms. The first-order valence-electron chi connectivity index (χ1n) is 7.07. The zero-order valence-electron chi connectivity index (χ0n) is 11.8. The number of halogens is 1. The molecule has 0 saturated heterocycles. The van der Waals surface area contributed by atoms with Crippen molar-refractivity contribution in [3.63, 3.8) is 0 Å². The average Bonchev–Trinajstić information content (AvgIpc) is 2.45. The fourth-order valence-corrected chi connectivity index (χ4v) is 2.92. The molecule has 1 N–H and O–H groups in total. The third kappa shape index (κ3) is 3.91. The lowest BCUT2D eigenvalue weighted by molar-refractivity contribution is -0.385. The van der Waals surface area contributed by atoms with Gasteiger partial charge in [-0.2, -0.15) is 0 Å². The van der Waals surface area contributed by atoms with Crippen LogP contribution in [0.2, 0.25) is 5.15 Å². The lowest BCUT2D eigenvalue weighted by Crippen LogP contribution is -2.33. The van der Waals surface area contributed by atoms with Crippen molar-refractivity contribution >= 4 is 23.2 Å². The van der Waals surface area contributed by atoms with Gasteiger partial charge in [0.2, 0.25) is 0 Å². The zero-order chi connectivity index (χ0) is 15.4. The van der Waals surface area contributed by atoms with Crippen LogP contribution in [-0.2, 0) is 0 Å². The Morgan fingerprint density at radius 3 is 2.90 bits per heavy atom. The molecule has 0 aliphatic heterocycles. The van der Waals surface area contributed by atoms with Crippen LogP contribution in [0.3, 0.4) is 0 Å². The fraction of sp³-hybridized carbons (Fsp3) is 0.571. The monoisotopic (exact) mass is 311 g/mol. The van der Waals surface area contributed by atoms with Crippen LogP contribution in [0.1, 0.15) is 43.0 Å². The van der Waals surface area contributed by atoms with Crippen LogP contribution in [0, 0.1) is 22.0 Å². The number of aromatic nitrogens is 1. The molecule has 1 aromatic rings. The molecule has 0 spiro atoms. The Hall–Kier alpha value is -1.69. The van der Waals surface area contributed by atoms with Gasteiger partial charge >= 0.3 is 0 Å². The molecule has 6 nitrogen and oxygen atoms in total. The predicted molar refractivity (Wildman–Crippen MR) is 79.4 cm³/mol. The molecule has 1 aliphatic rings. The van der Waals surface area contributed by atoms with Crippen molar-refractivity contribution in [3.05, 3.63) is 33.1 Å². The van der Waals surface area contributed by atoms with Crippen molar-refractivity contribution < 1.29 is 9.72 Å². The normalized spacial score (nSPS) is 21.8. The number of hydrogen-bond donors (Lipinski definition) is 1. The molecule has 7 heteroatoms.